The Morgan fingerprint density at radius 2 is 1.97 bits per heavy atom. The summed E-state index contributed by atoms with van der Waals surface area (Å²) >= 11 is 0. The fraction of sp³-hybridized carbons (Fsp3) is 0.333. The Hall–Kier alpha value is -3.32. The van der Waals surface area contributed by atoms with Gasteiger partial charge in [0.15, 0.2) is 11.5 Å². The summed E-state index contributed by atoms with van der Waals surface area (Å²) in [5.74, 6) is -0.00513. The highest BCUT2D eigenvalue weighted by Crippen LogP contribution is 2.52. The fourth-order valence-corrected chi connectivity index (χ4v) is 5.18. The van der Waals surface area contributed by atoms with Gasteiger partial charge in [0.25, 0.3) is 0 Å². The van der Waals surface area contributed by atoms with Crippen molar-refractivity contribution >= 4 is 17.5 Å². The predicted molar refractivity (Wildman–Crippen MR) is 112 cm³/mol. The molecular weight excluding hydrogens is 396 g/mol. The molecule has 158 valence electrons. The Bertz CT molecular complexity index is 1080. The SMILES string of the molecule is O=C(Nc1ccc2c(c1)OCO2)C1C2C(=O)N(CCc3ccccc3)C[C@]23C=C[C@H]1O3. The molecule has 0 aromatic heterocycles. The zero-order valence-corrected chi connectivity index (χ0v) is 16.8. The predicted octanol–water partition coefficient (Wildman–Crippen LogP) is 2.38. The van der Waals surface area contributed by atoms with Crippen LogP contribution in [0.2, 0.25) is 0 Å². The van der Waals surface area contributed by atoms with Gasteiger partial charge in [0, 0.05) is 18.3 Å². The van der Waals surface area contributed by atoms with Crippen LogP contribution in [-0.2, 0) is 20.7 Å². The quantitative estimate of drug-likeness (QED) is 0.755. The lowest BCUT2D eigenvalue weighted by Gasteiger charge is -2.23. The van der Waals surface area contributed by atoms with E-state index in [2.05, 4.69) is 17.4 Å². The second-order valence-electron chi connectivity index (χ2n) is 8.45. The Labute approximate surface area is 179 Å². The maximum atomic E-state index is 13.3. The molecule has 1 N–H and O–H groups in total. The topological polar surface area (TPSA) is 77.1 Å². The van der Waals surface area contributed by atoms with Crippen LogP contribution in [0.25, 0.3) is 0 Å². The van der Waals surface area contributed by atoms with Gasteiger partial charge in [-0.25, -0.2) is 0 Å². The van der Waals surface area contributed by atoms with Gasteiger partial charge in [-0.1, -0.05) is 42.5 Å². The lowest BCUT2D eigenvalue weighted by Crippen LogP contribution is -2.41. The number of likely N-dealkylation sites (tertiary alicyclic amines) is 1. The third kappa shape index (κ3) is 2.91. The van der Waals surface area contributed by atoms with E-state index in [-0.39, 0.29) is 24.7 Å². The summed E-state index contributed by atoms with van der Waals surface area (Å²) in [6.07, 6.45) is 4.30. The molecule has 2 fully saturated rings. The van der Waals surface area contributed by atoms with Gasteiger partial charge in [-0.05, 0) is 24.1 Å². The summed E-state index contributed by atoms with van der Waals surface area (Å²) in [6, 6.07) is 15.4. The molecule has 4 aliphatic heterocycles. The fourth-order valence-electron chi connectivity index (χ4n) is 5.18. The van der Waals surface area contributed by atoms with E-state index in [1.54, 1.807) is 18.2 Å². The maximum absolute atomic E-state index is 13.3. The van der Waals surface area contributed by atoms with Crippen molar-refractivity contribution < 1.29 is 23.8 Å². The Morgan fingerprint density at radius 1 is 1.13 bits per heavy atom. The van der Waals surface area contributed by atoms with E-state index in [9.17, 15) is 9.59 Å². The summed E-state index contributed by atoms with van der Waals surface area (Å²) in [7, 11) is 0. The molecule has 0 aliphatic carbocycles. The number of rotatable bonds is 5. The molecule has 0 radical (unpaired) electrons. The third-order valence-corrected chi connectivity index (χ3v) is 6.63. The second kappa shape index (κ2) is 6.85. The van der Waals surface area contributed by atoms with Gasteiger partial charge in [-0.15, -0.1) is 0 Å². The highest BCUT2D eigenvalue weighted by atomic mass is 16.7. The number of hydrogen-bond donors (Lipinski definition) is 1. The van der Waals surface area contributed by atoms with Crippen LogP contribution in [0.5, 0.6) is 11.5 Å². The van der Waals surface area contributed by atoms with Crippen molar-refractivity contribution in [2.45, 2.75) is 18.1 Å². The van der Waals surface area contributed by atoms with Crippen LogP contribution < -0.4 is 14.8 Å². The summed E-state index contributed by atoms with van der Waals surface area (Å²) in [6.45, 7) is 1.28. The molecule has 7 nitrogen and oxygen atoms in total. The first kappa shape index (κ1) is 18.4. The zero-order valence-electron chi connectivity index (χ0n) is 16.8. The minimum Gasteiger partial charge on any atom is -0.454 e. The second-order valence-corrected chi connectivity index (χ2v) is 8.45. The number of ether oxygens (including phenoxy) is 3. The molecule has 1 spiro atoms. The van der Waals surface area contributed by atoms with Gasteiger partial charge in [-0.3, -0.25) is 9.59 Å². The molecule has 2 bridgehead atoms. The number of carbonyl (C=O) groups excluding carboxylic acids is 2. The van der Waals surface area contributed by atoms with Crippen molar-refractivity contribution in [3.05, 3.63) is 66.2 Å². The monoisotopic (exact) mass is 418 g/mol. The molecular formula is C24H22N2O5. The van der Waals surface area contributed by atoms with Crippen LogP contribution in [0, 0.1) is 11.8 Å². The molecule has 4 atom stereocenters. The minimum absolute atomic E-state index is 0.00591. The highest BCUT2D eigenvalue weighted by Gasteiger charge is 2.66. The zero-order chi connectivity index (χ0) is 21.0. The molecule has 2 aromatic carbocycles. The lowest BCUT2D eigenvalue weighted by molar-refractivity contribution is -0.135. The molecule has 2 aromatic rings. The number of nitrogens with zero attached hydrogens (tertiary/aromatic N) is 1. The summed E-state index contributed by atoms with van der Waals surface area (Å²) in [4.78, 5) is 28.4. The van der Waals surface area contributed by atoms with Crippen LogP contribution in [0.15, 0.2) is 60.7 Å². The van der Waals surface area contributed by atoms with Crippen molar-refractivity contribution in [1.82, 2.24) is 4.90 Å². The van der Waals surface area contributed by atoms with E-state index in [1.807, 2.05) is 35.3 Å². The van der Waals surface area contributed by atoms with E-state index in [0.29, 0.717) is 30.3 Å². The molecule has 4 heterocycles. The molecule has 6 rings (SSSR count). The molecule has 2 amide bonds. The molecule has 2 unspecified atom stereocenters. The van der Waals surface area contributed by atoms with E-state index in [0.717, 1.165) is 6.42 Å². The Kier molecular flexibility index (Phi) is 4.08. The summed E-state index contributed by atoms with van der Waals surface area (Å²) < 4.78 is 16.9. The van der Waals surface area contributed by atoms with Crippen molar-refractivity contribution in [3.8, 4) is 11.5 Å². The van der Waals surface area contributed by atoms with E-state index in [1.165, 1.54) is 5.56 Å². The summed E-state index contributed by atoms with van der Waals surface area (Å²) in [5.41, 5.74) is 1.10. The van der Waals surface area contributed by atoms with Crippen LogP contribution in [-0.4, -0.2) is 48.3 Å². The number of carbonyl (C=O) groups is 2. The average molecular weight is 418 g/mol. The van der Waals surface area contributed by atoms with E-state index in [4.69, 9.17) is 14.2 Å². The van der Waals surface area contributed by atoms with Crippen LogP contribution >= 0.6 is 0 Å². The van der Waals surface area contributed by atoms with Gasteiger partial charge in [0.2, 0.25) is 18.6 Å². The maximum Gasteiger partial charge on any atom is 0.231 e. The van der Waals surface area contributed by atoms with E-state index < -0.39 is 17.4 Å². The van der Waals surface area contributed by atoms with Crippen molar-refractivity contribution in [3.63, 3.8) is 0 Å². The number of nitrogens with one attached hydrogen (secondary N) is 1. The van der Waals surface area contributed by atoms with Gasteiger partial charge < -0.3 is 24.4 Å². The molecule has 4 aliphatic rings. The van der Waals surface area contributed by atoms with Gasteiger partial charge in [-0.2, -0.15) is 0 Å². The van der Waals surface area contributed by atoms with E-state index >= 15 is 0 Å². The number of fused-ring (bicyclic) bond motifs is 2. The van der Waals surface area contributed by atoms with Gasteiger partial charge in [0.05, 0.1) is 24.5 Å². The number of anilines is 1. The first-order chi connectivity index (χ1) is 15.1. The number of benzene rings is 2. The normalized spacial score (nSPS) is 29.5. The largest absolute Gasteiger partial charge is 0.454 e. The first-order valence-electron chi connectivity index (χ1n) is 10.5. The van der Waals surface area contributed by atoms with Crippen molar-refractivity contribution in [2.24, 2.45) is 11.8 Å². The van der Waals surface area contributed by atoms with Crippen LogP contribution in [0.4, 0.5) is 5.69 Å². The lowest BCUT2D eigenvalue weighted by atomic mass is 9.77. The highest BCUT2D eigenvalue weighted by molar-refractivity contribution is 5.99. The Balaban J connectivity index is 1.19. The third-order valence-electron chi connectivity index (χ3n) is 6.63. The van der Waals surface area contributed by atoms with Crippen molar-refractivity contribution in [1.29, 1.82) is 0 Å². The molecule has 2 saturated heterocycles. The van der Waals surface area contributed by atoms with Crippen LogP contribution in [0.1, 0.15) is 5.56 Å². The standard InChI is InChI=1S/C24H22N2O5/c27-22(25-16-6-7-17-19(12-16)30-14-29-17)20-18-8-10-24(31-18)13-26(23(28)21(20)24)11-9-15-4-2-1-3-5-15/h1-8,10,12,18,20-21H,9,11,13-14H2,(H,25,27)/t18-,20?,21?,24-/m1/s1. The smallest absolute Gasteiger partial charge is 0.231 e. The van der Waals surface area contributed by atoms with Gasteiger partial charge >= 0.3 is 0 Å². The van der Waals surface area contributed by atoms with Gasteiger partial charge in [0.1, 0.15) is 5.60 Å². The summed E-state index contributed by atoms with van der Waals surface area (Å²) in [5, 5.41) is 2.94. The Morgan fingerprint density at radius 3 is 2.84 bits per heavy atom. The van der Waals surface area contributed by atoms with Crippen molar-refractivity contribution in [2.75, 3.05) is 25.2 Å². The molecule has 31 heavy (non-hydrogen) atoms. The average Bonchev–Trinajstić information content (AvgIpc) is 3.53. The minimum atomic E-state index is -0.699. The molecule has 0 saturated carbocycles. The number of hydrogen-bond acceptors (Lipinski definition) is 5. The number of amides is 2. The van der Waals surface area contributed by atoms with Crippen LogP contribution in [0.3, 0.4) is 0 Å². The first-order valence-corrected chi connectivity index (χ1v) is 10.5. The molecule has 7 heteroatoms.